The van der Waals surface area contributed by atoms with Gasteiger partial charge in [-0.25, -0.2) is 0 Å². The number of nitrogens with zero attached hydrogens (tertiary/aromatic N) is 2. The molecular weight excluding hydrogens is 244 g/mol. The highest BCUT2D eigenvalue weighted by Crippen LogP contribution is 2.29. The maximum atomic E-state index is 12.3. The Morgan fingerprint density at radius 1 is 1.26 bits per heavy atom. The zero-order valence-electron chi connectivity index (χ0n) is 10.3. The van der Waals surface area contributed by atoms with Crippen LogP contribution in [0.15, 0.2) is 54.0 Å². The number of aromatic nitrogens is 1. The van der Waals surface area contributed by atoms with Crippen LogP contribution in [0.3, 0.4) is 0 Å². The molecule has 0 aliphatic rings. The van der Waals surface area contributed by atoms with Gasteiger partial charge in [-0.3, -0.25) is 9.78 Å². The molecule has 96 valence electrons. The molecule has 0 fully saturated rings. The smallest absolute Gasteiger partial charge is 0.195 e. The quantitative estimate of drug-likeness (QED) is 0.609. The number of ether oxygens (including phenoxy) is 1. The Balaban J connectivity index is 2.40. The Hall–Kier alpha value is -2.56. The van der Waals surface area contributed by atoms with E-state index in [0.29, 0.717) is 16.9 Å². The Morgan fingerprint density at radius 2 is 2.00 bits per heavy atom. The Kier molecular flexibility index (Phi) is 3.97. The van der Waals surface area contributed by atoms with Crippen LogP contribution in [0.2, 0.25) is 0 Å². The van der Waals surface area contributed by atoms with Crippen molar-refractivity contribution in [3.05, 3.63) is 64.8 Å². The molecule has 19 heavy (non-hydrogen) atoms. The number of carbonyl (C=O) groups excluding carboxylic acids is 1. The summed E-state index contributed by atoms with van der Waals surface area (Å²) in [4.78, 5) is 27.2. The van der Waals surface area contributed by atoms with Crippen LogP contribution in [-0.4, -0.2) is 17.9 Å². The summed E-state index contributed by atoms with van der Waals surface area (Å²) in [6.07, 6.45) is 2.94. The van der Waals surface area contributed by atoms with Crippen molar-refractivity contribution in [2.75, 3.05) is 7.11 Å². The maximum Gasteiger partial charge on any atom is 0.195 e. The second-order valence-electron chi connectivity index (χ2n) is 3.86. The summed E-state index contributed by atoms with van der Waals surface area (Å²) in [7, 11) is 1.45. The van der Waals surface area contributed by atoms with E-state index in [1.807, 2.05) is 0 Å². The van der Waals surface area contributed by atoms with Crippen LogP contribution >= 0.6 is 0 Å². The minimum absolute atomic E-state index is 0.361. The number of ketones is 1. The molecule has 1 aromatic heterocycles. The molecule has 0 N–H and O–H groups in total. The molecule has 0 radical (unpaired) electrons. The fourth-order valence-corrected chi connectivity index (χ4v) is 1.79. The molecule has 1 aromatic carbocycles. The SMILES string of the molecule is COc1cnccc1C(N=O)C(=O)c1ccccc1. The van der Waals surface area contributed by atoms with Crippen LogP contribution in [0.4, 0.5) is 0 Å². The highest BCUT2D eigenvalue weighted by molar-refractivity contribution is 6.01. The van der Waals surface area contributed by atoms with Gasteiger partial charge in [0, 0.05) is 17.3 Å². The van der Waals surface area contributed by atoms with Gasteiger partial charge in [0.15, 0.2) is 11.8 Å². The van der Waals surface area contributed by atoms with Crippen molar-refractivity contribution in [1.29, 1.82) is 0 Å². The number of benzene rings is 1. The zero-order chi connectivity index (χ0) is 13.7. The summed E-state index contributed by atoms with van der Waals surface area (Å²) in [5.74, 6) is 0.0106. The predicted molar refractivity (Wildman–Crippen MR) is 70.1 cm³/mol. The lowest BCUT2D eigenvalue weighted by Crippen LogP contribution is -2.11. The van der Waals surface area contributed by atoms with Gasteiger partial charge in [0.25, 0.3) is 0 Å². The second-order valence-corrected chi connectivity index (χ2v) is 3.86. The molecule has 0 saturated carbocycles. The first-order chi connectivity index (χ1) is 9.27. The van der Waals surface area contributed by atoms with Crippen molar-refractivity contribution in [3.63, 3.8) is 0 Å². The lowest BCUT2D eigenvalue weighted by atomic mass is 9.98. The molecular formula is C14H12N2O3. The molecule has 0 aliphatic carbocycles. The molecule has 0 amide bonds. The highest BCUT2D eigenvalue weighted by atomic mass is 16.5. The molecule has 0 spiro atoms. The van der Waals surface area contributed by atoms with E-state index in [9.17, 15) is 9.70 Å². The molecule has 0 bridgehead atoms. The topological polar surface area (TPSA) is 68.6 Å². The number of hydrogen-bond donors (Lipinski definition) is 0. The third-order valence-corrected chi connectivity index (χ3v) is 2.74. The minimum Gasteiger partial charge on any atom is -0.495 e. The predicted octanol–water partition coefficient (Wildman–Crippen LogP) is 2.78. The first kappa shape index (κ1) is 12.9. The van der Waals surface area contributed by atoms with Gasteiger partial charge >= 0.3 is 0 Å². The van der Waals surface area contributed by atoms with Gasteiger partial charge in [-0.15, -0.1) is 4.91 Å². The van der Waals surface area contributed by atoms with Crippen molar-refractivity contribution in [2.45, 2.75) is 6.04 Å². The van der Waals surface area contributed by atoms with Gasteiger partial charge in [-0.1, -0.05) is 35.5 Å². The van der Waals surface area contributed by atoms with Gasteiger partial charge < -0.3 is 4.74 Å². The number of pyridine rings is 1. The van der Waals surface area contributed by atoms with Gasteiger partial charge in [0.2, 0.25) is 0 Å². The van der Waals surface area contributed by atoms with Crippen molar-refractivity contribution >= 4 is 5.78 Å². The molecule has 1 unspecified atom stereocenters. The van der Waals surface area contributed by atoms with Crippen molar-refractivity contribution in [1.82, 2.24) is 4.98 Å². The van der Waals surface area contributed by atoms with Crippen LogP contribution in [0.25, 0.3) is 0 Å². The summed E-state index contributed by atoms with van der Waals surface area (Å²) < 4.78 is 5.10. The number of hydrogen-bond acceptors (Lipinski definition) is 5. The van der Waals surface area contributed by atoms with Crippen LogP contribution in [0.5, 0.6) is 5.75 Å². The molecule has 0 saturated heterocycles. The molecule has 0 aliphatic heterocycles. The van der Waals surface area contributed by atoms with E-state index < -0.39 is 6.04 Å². The molecule has 1 heterocycles. The van der Waals surface area contributed by atoms with Crippen molar-refractivity contribution in [3.8, 4) is 5.75 Å². The Labute approximate surface area is 110 Å². The van der Waals surface area contributed by atoms with E-state index in [1.54, 1.807) is 36.4 Å². The largest absolute Gasteiger partial charge is 0.495 e. The number of Topliss-reactive ketones (excluding diaryl/α,β-unsaturated/α-hetero) is 1. The van der Waals surface area contributed by atoms with E-state index in [-0.39, 0.29) is 5.78 Å². The average Bonchev–Trinajstić information content (AvgIpc) is 2.49. The van der Waals surface area contributed by atoms with Crippen LogP contribution in [0, 0.1) is 4.91 Å². The van der Waals surface area contributed by atoms with Crippen LogP contribution < -0.4 is 4.74 Å². The van der Waals surface area contributed by atoms with Gasteiger partial charge in [0.1, 0.15) is 5.75 Å². The second kappa shape index (κ2) is 5.86. The molecule has 5 heteroatoms. The fourth-order valence-electron chi connectivity index (χ4n) is 1.79. The standard InChI is InChI=1S/C14H12N2O3/c1-19-12-9-15-8-7-11(12)13(16-18)14(17)10-5-3-2-4-6-10/h2-9,13H,1H3. The number of nitroso groups, excluding NO2 is 1. The van der Waals surface area contributed by atoms with Gasteiger partial charge in [-0.2, -0.15) is 0 Å². The molecule has 5 nitrogen and oxygen atoms in total. The number of rotatable bonds is 5. The molecule has 2 rings (SSSR count). The monoisotopic (exact) mass is 256 g/mol. The van der Waals surface area contributed by atoms with Gasteiger partial charge in [0.05, 0.1) is 13.3 Å². The lowest BCUT2D eigenvalue weighted by Gasteiger charge is -2.12. The van der Waals surface area contributed by atoms with Gasteiger partial charge in [-0.05, 0) is 6.07 Å². The van der Waals surface area contributed by atoms with Crippen LogP contribution in [0.1, 0.15) is 22.0 Å². The normalized spacial score (nSPS) is 11.6. The maximum absolute atomic E-state index is 12.3. The van der Waals surface area contributed by atoms with Crippen molar-refractivity contribution in [2.24, 2.45) is 5.18 Å². The molecule has 1 atom stereocenters. The average molecular weight is 256 g/mol. The summed E-state index contributed by atoms with van der Waals surface area (Å²) in [6.45, 7) is 0. The first-order valence-electron chi connectivity index (χ1n) is 5.67. The number of carbonyl (C=O) groups is 1. The fraction of sp³-hybridized carbons (Fsp3) is 0.143. The summed E-state index contributed by atoms with van der Waals surface area (Å²) in [5, 5.41) is 2.94. The summed E-state index contributed by atoms with van der Waals surface area (Å²) in [6, 6.07) is 9.00. The third kappa shape index (κ3) is 2.65. The van der Waals surface area contributed by atoms with E-state index in [0.717, 1.165) is 0 Å². The lowest BCUT2D eigenvalue weighted by molar-refractivity contribution is 0.0960. The molecule has 2 aromatic rings. The Morgan fingerprint density at radius 3 is 2.63 bits per heavy atom. The zero-order valence-corrected chi connectivity index (χ0v) is 10.3. The number of methoxy groups -OCH3 is 1. The third-order valence-electron chi connectivity index (χ3n) is 2.74. The summed E-state index contributed by atoms with van der Waals surface area (Å²) >= 11 is 0. The van der Waals surface area contributed by atoms with E-state index >= 15 is 0 Å². The van der Waals surface area contributed by atoms with E-state index in [4.69, 9.17) is 4.74 Å². The highest BCUT2D eigenvalue weighted by Gasteiger charge is 2.25. The van der Waals surface area contributed by atoms with Crippen LogP contribution in [-0.2, 0) is 0 Å². The van der Waals surface area contributed by atoms with Crippen molar-refractivity contribution < 1.29 is 9.53 Å². The first-order valence-corrected chi connectivity index (χ1v) is 5.67. The minimum atomic E-state index is -1.12. The van der Waals surface area contributed by atoms with E-state index in [1.165, 1.54) is 19.5 Å². The summed E-state index contributed by atoms with van der Waals surface area (Å²) in [5.41, 5.74) is 0.854. The van der Waals surface area contributed by atoms with E-state index in [2.05, 4.69) is 10.2 Å². The Bertz CT molecular complexity index is 584.